The third-order valence-corrected chi connectivity index (χ3v) is 4.19. The van der Waals surface area contributed by atoms with Gasteiger partial charge in [0.15, 0.2) is 6.61 Å². The predicted molar refractivity (Wildman–Crippen MR) is 112 cm³/mol. The summed E-state index contributed by atoms with van der Waals surface area (Å²) in [6, 6.07) is 10.9. The molecule has 2 N–H and O–H groups in total. The molecule has 0 bridgehead atoms. The van der Waals surface area contributed by atoms with Crippen molar-refractivity contribution >= 4 is 24.0 Å². The lowest BCUT2D eigenvalue weighted by atomic mass is 10.0. The fourth-order valence-corrected chi connectivity index (χ4v) is 2.45. The van der Waals surface area contributed by atoms with E-state index in [0.29, 0.717) is 11.3 Å². The van der Waals surface area contributed by atoms with Crippen LogP contribution in [0.4, 0.5) is 4.39 Å². The van der Waals surface area contributed by atoms with E-state index in [1.807, 2.05) is 0 Å². The van der Waals surface area contributed by atoms with Gasteiger partial charge in [0.05, 0.1) is 13.3 Å². The number of carbonyl (C=O) groups is 3. The Hall–Kier alpha value is -3.75. The van der Waals surface area contributed by atoms with Crippen LogP contribution in [-0.4, -0.2) is 43.8 Å². The lowest BCUT2D eigenvalue weighted by Crippen LogP contribution is -2.48. The van der Waals surface area contributed by atoms with Gasteiger partial charge in [0.2, 0.25) is 0 Å². The summed E-state index contributed by atoms with van der Waals surface area (Å²) < 4.78 is 22.8. The van der Waals surface area contributed by atoms with E-state index in [9.17, 15) is 18.8 Å². The van der Waals surface area contributed by atoms with E-state index in [-0.39, 0.29) is 18.1 Å². The largest absolute Gasteiger partial charge is 0.482 e. The van der Waals surface area contributed by atoms with Crippen LogP contribution in [0.15, 0.2) is 53.6 Å². The second-order valence-electron chi connectivity index (χ2n) is 6.87. The fourth-order valence-electron chi connectivity index (χ4n) is 2.45. The number of halogens is 1. The maximum absolute atomic E-state index is 13.0. The van der Waals surface area contributed by atoms with E-state index >= 15 is 0 Å². The quantitative estimate of drug-likeness (QED) is 0.361. The maximum atomic E-state index is 13.0. The van der Waals surface area contributed by atoms with Crippen LogP contribution in [0.25, 0.3) is 0 Å². The maximum Gasteiger partial charge on any atom is 0.343 e. The first kappa shape index (κ1) is 23.5. The minimum absolute atomic E-state index is 0.194. The zero-order chi connectivity index (χ0) is 22.8. The molecule has 0 spiro atoms. The number of hydrazone groups is 1. The molecule has 31 heavy (non-hydrogen) atoms. The first-order valence-electron chi connectivity index (χ1n) is 9.49. The predicted octanol–water partition coefficient (Wildman–Crippen LogP) is 2.28. The highest BCUT2D eigenvalue weighted by molar-refractivity contribution is 5.97. The Labute approximate surface area is 179 Å². The Morgan fingerprint density at radius 2 is 1.71 bits per heavy atom. The molecule has 164 valence electrons. The summed E-state index contributed by atoms with van der Waals surface area (Å²) in [5.41, 5.74) is 3.33. The molecule has 9 heteroatoms. The lowest BCUT2D eigenvalue weighted by molar-refractivity contribution is -0.142. The van der Waals surface area contributed by atoms with Crippen molar-refractivity contribution in [2.45, 2.75) is 19.9 Å². The van der Waals surface area contributed by atoms with Gasteiger partial charge in [-0.1, -0.05) is 13.8 Å². The molecule has 0 saturated carbocycles. The van der Waals surface area contributed by atoms with Crippen molar-refractivity contribution in [1.82, 2.24) is 10.7 Å². The average Bonchev–Trinajstić information content (AvgIpc) is 2.76. The Balaban J connectivity index is 1.92. The number of nitrogens with one attached hydrogen (secondary N) is 2. The van der Waals surface area contributed by atoms with Crippen LogP contribution in [0.3, 0.4) is 0 Å². The Bertz CT molecular complexity index is 927. The fraction of sp³-hybridized carbons (Fsp3) is 0.273. The van der Waals surface area contributed by atoms with Crippen molar-refractivity contribution in [1.29, 1.82) is 0 Å². The summed E-state index contributed by atoms with van der Waals surface area (Å²) in [4.78, 5) is 35.9. The molecule has 0 aliphatic rings. The van der Waals surface area contributed by atoms with E-state index in [1.54, 1.807) is 38.1 Å². The molecule has 0 aliphatic heterocycles. The summed E-state index contributed by atoms with van der Waals surface area (Å²) in [5.74, 6) is -1.63. The molecule has 0 radical (unpaired) electrons. The van der Waals surface area contributed by atoms with Crippen molar-refractivity contribution in [2.24, 2.45) is 11.0 Å². The number of amides is 2. The van der Waals surface area contributed by atoms with Crippen molar-refractivity contribution in [3.8, 4) is 5.75 Å². The second kappa shape index (κ2) is 11.4. The third-order valence-electron chi connectivity index (χ3n) is 4.19. The van der Waals surface area contributed by atoms with Gasteiger partial charge in [0, 0.05) is 5.56 Å². The van der Waals surface area contributed by atoms with Gasteiger partial charge in [0.25, 0.3) is 11.8 Å². The van der Waals surface area contributed by atoms with Crippen LogP contribution in [-0.2, 0) is 14.3 Å². The van der Waals surface area contributed by atoms with Gasteiger partial charge in [-0.05, 0) is 60.0 Å². The summed E-state index contributed by atoms with van der Waals surface area (Å²) in [5, 5.41) is 6.55. The Morgan fingerprint density at radius 1 is 1.06 bits per heavy atom. The highest BCUT2D eigenvalue weighted by atomic mass is 19.1. The van der Waals surface area contributed by atoms with Gasteiger partial charge < -0.3 is 14.8 Å². The molecular formula is C22H24FN3O5. The standard InChI is InChI=1S/C22H24FN3O5/c1-14(2)20(25-21(28)16-6-8-17(23)9-7-16)22(29)26-24-12-15-4-10-18(11-5-15)31-13-19(27)30-3/h4-12,14,20H,13H2,1-3H3,(H,25,28)(H,26,29)/b24-12+. The van der Waals surface area contributed by atoms with E-state index < -0.39 is 29.6 Å². The average molecular weight is 429 g/mol. The van der Waals surface area contributed by atoms with Crippen LogP contribution in [0.2, 0.25) is 0 Å². The number of esters is 1. The normalized spacial score (nSPS) is 11.8. The monoisotopic (exact) mass is 429 g/mol. The molecule has 0 aromatic heterocycles. The number of nitrogens with zero attached hydrogens (tertiary/aromatic N) is 1. The van der Waals surface area contributed by atoms with Crippen LogP contribution < -0.4 is 15.5 Å². The van der Waals surface area contributed by atoms with Crippen LogP contribution >= 0.6 is 0 Å². The van der Waals surface area contributed by atoms with Crippen LogP contribution in [0.1, 0.15) is 29.8 Å². The topological polar surface area (TPSA) is 106 Å². The first-order valence-corrected chi connectivity index (χ1v) is 9.49. The molecule has 1 atom stereocenters. The van der Waals surface area contributed by atoms with E-state index in [1.165, 1.54) is 37.6 Å². The molecule has 8 nitrogen and oxygen atoms in total. The van der Waals surface area contributed by atoms with Crippen molar-refractivity contribution in [2.75, 3.05) is 13.7 Å². The highest BCUT2D eigenvalue weighted by Crippen LogP contribution is 2.11. The molecule has 2 rings (SSSR count). The Morgan fingerprint density at radius 3 is 2.29 bits per heavy atom. The number of hydrogen-bond donors (Lipinski definition) is 2. The minimum Gasteiger partial charge on any atom is -0.482 e. The van der Waals surface area contributed by atoms with Gasteiger partial charge in [-0.2, -0.15) is 5.10 Å². The minimum atomic E-state index is -0.830. The van der Waals surface area contributed by atoms with Gasteiger partial charge in [-0.15, -0.1) is 0 Å². The zero-order valence-electron chi connectivity index (χ0n) is 17.4. The van der Waals surface area contributed by atoms with Gasteiger partial charge >= 0.3 is 5.97 Å². The highest BCUT2D eigenvalue weighted by Gasteiger charge is 2.24. The van der Waals surface area contributed by atoms with Gasteiger partial charge in [0.1, 0.15) is 17.6 Å². The summed E-state index contributed by atoms with van der Waals surface area (Å²) >= 11 is 0. The van der Waals surface area contributed by atoms with Crippen molar-refractivity contribution < 1.29 is 28.2 Å². The summed E-state index contributed by atoms with van der Waals surface area (Å²) in [6.45, 7) is 3.37. The number of methoxy groups -OCH3 is 1. The van der Waals surface area contributed by atoms with Gasteiger partial charge in [-0.3, -0.25) is 9.59 Å². The van der Waals surface area contributed by atoms with E-state index in [2.05, 4.69) is 20.6 Å². The van der Waals surface area contributed by atoms with Crippen molar-refractivity contribution in [3.63, 3.8) is 0 Å². The number of carbonyl (C=O) groups excluding carboxylic acids is 3. The number of benzene rings is 2. The smallest absolute Gasteiger partial charge is 0.343 e. The number of rotatable bonds is 9. The number of ether oxygens (including phenoxy) is 2. The third kappa shape index (κ3) is 7.54. The molecule has 0 saturated heterocycles. The van der Waals surface area contributed by atoms with Crippen LogP contribution in [0.5, 0.6) is 5.75 Å². The first-order chi connectivity index (χ1) is 14.8. The molecule has 1 unspecified atom stereocenters. The lowest BCUT2D eigenvalue weighted by Gasteiger charge is -2.20. The second-order valence-corrected chi connectivity index (χ2v) is 6.87. The van der Waals surface area contributed by atoms with Crippen LogP contribution in [0, 0.1) is 11.7 Å². The molecule has 0 fully saturated rings. The zero-order valence-corrected chi connectivity index (χ0v) is 17.4. The SMILES string of the molecule is COC(=O)COc1ccc(/C=N/NC(=O)C(NC(=O)c2ccc(F)cc2)C(C)C)cc1. The molecular weight excluding hydrogens is 405 g/mol. The molecule has 2 amide bonds. The van der Waals surface area contributed by atoms with Crippen molar-refractivity contribution in [3.05, 3.63) is 65.5 Å². The summed E-state index contributed by atoms with van der Waals surface area (Å²) in [6.07, 6.45) is 1.43. The van der Waals surface area contributed by atoms with Gasteiger partial charge in [-0.25, -0.2) is 14.6 Å². The van der Waals surface area contributed by atoms with E-state index in [0.717, 1.165) is 0 Å². The molecule has 0 aliphatic carbocycles. The molecule has 2 aromatic carbocycles. The molecule has 2 aromatic rings. The molecule has 0 heterocycles. The summed E-state index contributed by atoms with van der Waals surface area (Å²) in [7, 11) is 1.28. The van der Waals surface area contributed by atoms with E-state index in [4.69, 9.17) is 4.74 Å². The Kier molecular flexibility index (Phi) is 8.68. The number of hydrogen-bond acceptors (Lipinski definition) is 6.